The summed E-state index contributed by atoms with van der Waals surface area (Å²) < 4.78 is 7.66. The molecule has 2 aromatic rings. The first-order valence-corrected chi connectivity index (χ1v) is 10.4. The van der Waals surface area contributed by atoms with Crippen LogP contribution in [0, 0.1) is 15.4 Å². The zero-order chi connectivity index (χ0) is 17.3. The Hall–Kier alpha value is -0.910. The summed E-state index contributed by atoms with van der Waals surface area (Å²) >= 11 is 2.42. The summed E-state index contributed by atoms with van der Waals surface area (Å²) in [7, 11) is 1.93. The molecule has 0 amide bonds. The first-order valence-electron chi connectivity index (χ1n) is 9.30. The molecule has 0 spiro atoms. The Labute approximate surface area is 164 Å². The molecular weight excluding hydrogens is 421 g/mol. The molecule has 3 atom stereocenters. The van der Waals surface area contributed by atoms with Gasteiger partial charge in [0, 0.05) is 42.2 Å². The fourth-order valence-corrected chi connectivity index (χ4v) is 5.69. The second kappa shape index (κ2) is 7.37. The number of hydrogen-bond donors (Lipinski definition) is 0. The molecule has 1 heterocycles. The summed E-state index contributed by atoms with van der Waals surface area (Å²) in [5.41, 5.74) is 2.70. The molecule has 2 aromatic carbocycles. The van der Waals surface area contributed by atoms with Gasteiger partial charge < -0.3 is 4.74 Å². The minimum absolute atomic E-state index is 0.105. The van der Waals surface area contributed by atoms with E-state index in [1.807, 2.05) is 7.11 Å². The summed E-state index contributed by atoms with van der Waals surface area (Å²) in [6.07, 6.45) is 3.87. The van der Waals surface area contributed by atoms with Gasteiger partial charge in [0.25, 0.3) is 0 Å². The van der Waals surface area contributed by atoms with Crippen molar-refractivity contribution in [2.45, 2.75) is 31.4 Å². The van der Waals surface area contributed by atoms with Crippen LogP contribution in [0.5, 0.6) is 0 Å². The Morgan fingerprint density at radius 1 is 1.04 bits per heavy atom. The van der Waals surface area contributed by atoms with E-state index in [2.05, 4.69) is 82.1 Å². The van der Waals surface area contributed by atoms with E-state index in [4.69, 9.17) is 4.74 Å². The van der Waals surface area contributed by atoms with Gasteiger partial charge in [0.15, 0.2) is 0 Å². The molecule has 2 nitrogen and oxygen atoms in total. The number of methoxy groups -OCH3 is 1. The number of hydrogen-bond acceptors (Lipinski definition) is 2. The van der Waals surface area contributed by atoms with Crippen molar-refractivity contribution in [2.24, 2.45) is 11.8 Å². The average Bonchev–Trinajstić information content (AvgIpc) is 2.62. The maximum Gasteiger partial charge on any atom is 0.101 e. The van der Waals surface area contributed by atoms with E-state index < -0.39 is 0 Å². The number of likely N-dealkylation sites (tertiary alicyclic amines) is 1. The number of ether oxygens (including phenoxy) is 1. The number of nitrogens with zero attached hydrogens (tertiary/aromatic N) is 1. The van der Waals surface area contributed by atoms with E-state index >= 15 is 0 Å². The van der Waals surface area contributed by atoms with Gasteiger partial charge in [-0.1, -0.05) is 48.9 Å². The number of benzene rings is 2. The van der Waals surface area contributed by atoms with Crippen molar-refractivity contribution < 1.29 is 4.74 Å². The monoisotopic (exact) mass is 447 g/mol. The third-order valence-electron chi connectivity index (χ3n) is 6.14. The van der Waals surface area contributed by atoms with Gasteiger partial charge in [0.05, 0.1) is 0 Å². The number of piperidine rings is 1. The van der Waals surface area contributed by atoms with Crippen molar-refractivity contribution in [3.05, 3.63) is 69.3 Å². The molecule has 3 heteroatoms. The van der Waals surface area contributed by atoms with E-state index in [0.29, 0.717) is 11.8 Å². The van der Waals surface area contributed by atoms with E-state index in [0.717, 1.165) is 19.6 Å². The molecule has 1 aliphatic carbocycles. The van der Waals surface area contributed by atoms with Crippen molar-refractivity contribution >= 4 is 22.6 Å². The minimum atomic E-state index is -0.105. The average molecular weight is 447 g/mol. The molecule has 132 valence electrons. The maximum atomic E-state index is 6.36. The van der Waals surface area contributed by atoms with Crippen molar-refractivity contribution in [3.63, 3.8) is 0 Å². The molecule has 0 N–H and O–H groups in total. The lowest BCUT2D eigenvalue weighted by atomic mass is 9.62. The molecular formula is C22H26INO. The predicted octanol–water partition coefficient (Wildman–Crippen LogP) is 5.07. The van der Waals surface area contributed by atoms with Gasteiger partial charge in [0.2, 0.25) is 0 Å². The van der Waals surface area contributed by atoms with Crippen molar-refractivity contribution in [3.8, 4) is 0 Å². The Morgan fingerprint density at radius 2 is 1.76 bits per heavy atom. The Morgan fingerprint density at radius 3 is 2.40 bits per heavy atom. The summed E-state index contributed by atoms with van der Waals surface area (Å²) in [4.78, 5) is 2.65. The Kier molecular flexibility index (Phi) is 5.16. The largest absolute Gasteiger partial charge is 0.373 e. The second-order valence-electron chi connectivity index (χ2n) is 7.51. The maximum absolute atomic E-state index is 6.36. The predicted molar refractivity (Wildman–Crippen MR) is 110 cm³/mol. The van der Waals surface area contributed by atoms with Crippen molar-refractivity contribution in [1.29, 1.82) is 0 Å². The lowest BCUT2D eigenvalue weighted by molar-refractivity contribution is -0.170. The number of halogens is 1. The van der Waals surface area contributed by atoms with Gasteiger partial charge >= 0.3 is 0 Å². The lowest BCUT2D eigenvalue weighted by Crippen LogP contribution is -2.58. The highest BCUT2D eigenvalue weighted by molar-refractivity contribution is 14.1. The normalized spacial score (nSPS) is 29.5. The molecule has 0 unspecified atom stereocenters. The molecule has 1 saturated carbocycles. The van der Waals surface area contributed by atoms with Crippen LogP contribution in [0.15, 0.2) is 54.6 Å². The zero-order valence-corrected chi connectivity index (χ0v) is 17.0. The van der Waals surface area contributed by atoms with E-state index in [1.54, 1.807) is 0 Å². The van der Waals surface area contributed by atoms with Crippen LogP contribution in [0.25, 0.3) is 0 Å². The van der Waals surface area contributed by atoms with Gasteiger partial charge in [-0.25, -0.2) is 0 Å². The summed E-state index contributed by atoms with van der Waals surface area (Å²) in [6, 6.07) is 19.9. The highest BCUT2D eigenvalue weighted by Crippen LogP contribution is 2.51. The van der Waals surface area contributed by atoms with Crippen molar-refractivity contribution in [1.82, 2.24) is 4.90 Å². The van der Waals surface area contributed by atoms with Gasteiger partial charge in [0.1, 0.15) is 5.60 Å². The summed E-state index contributed by atoms with van der Waals surface area (Å²) in [5.74, 6) is 1.15. The molecule has 1 saturated heterocycles. The van der Waals surface area contributed by atoms with E-state index in [-0.39, 0.29) is 5.60 Å². The standard InChI is InChI=1S/C22H26INO/c1-25-22(18-9-6-12-21(23)13-18)19-10-5-11-20(22)16-24(15-19)14-17-7-3-2-4-8-17/h2-4,6-9,12-13,19-20H,5,10-11,14-16H2,1H3/t19-,20+,22-. The van der Waals surface area contributed by atoms with Crippen LogP contribution in [0.3, 0.4) is 0 Å². The smallest absolute Gasteiger partial charge is 0.101 e. The SMILES string of the molecule is CO[C@]1(c2cccc(I)c2)[C@@H]2CCC[C@H]1CN(Cc1ccccc1)C2. The molecule has 2 fully saturated rings. The quantitative estimate of drug-likeness (QED) is 0.608. The fourth-order valence-electron chi connectivity index (χ4n) is 5.15. The van der Waals surface area contributed by atoms with Gasteiger partial charge in [-0.3, -0.25) is 4.90 Å². The van der Waals surface area contributed by atoms with E-state index in [1.165, 1.54) is 34.0 Å². The van der Waals surface area contributed by atoms with Gasteiger partial charge in [-0.15, -0.1) is 0 Å². The topological polar surface area (TPSA) is 12.5 Å². The number of fused-ring (bicyclic) bond motifs is 2. The molecule has 4 rings (SSSR count). The Bertz CT molecular complexity index is 703. The molecule has 25 heavy (non-hydrogen) atoms. The van der Waals surface area contributed by atoms with Crippen LogP contribution in [0.4, 0.5) is 0 Å². The summed E-state index contributed by atoms with van der Waals surface area (Å²) in [6.45, 7) is 3.31. The van der Waals surface area contributed by atoms with E-state index in [9.17, 15) is 0 Å². The first kappa shape index (κ1) is 17.5. The first-order chi connectivity index (χ1) is 12.2. The molecule has 2 bridgehead atoms. The Balaban J connectivity index is 1.63. The fraction of sp³-hybridized carbons (Fsp3) is 0.455. The third-order valence-corrected chi connectivity index (χ3v) is 6.81. The van der Waals surface area contributed by atoms with Crippen LogP contribution in [-0.2, 0) is 16.9 Å². The van der Waals surface area contributed by atoms with Crippen molar-refractivity contribution in [2.75, 3.05) is 20.2 Å². The molecule has 0 aromatic heterocycles. The molecule has 1 aliphatic heterocycles. The van der Waals surface area contributed by atoms with Crippen LogP contribution in [0.1, 0.15) is 30.4 Å². The number of rotatable bonds is 4. The highest BCUT2D eigenvalue weighted by atomic mass is 127. The van der Waals surface area contributed by atoms with Crippen LogP contribution < -0.4 is 0 Å². The van der Waals surface area contributed by atoms with Crippen LogP contribution in [0.2, 0.25) is 0 Å². The molecule has 0 radical (unpaired) electrons. The summed E-state index contributed by atoms with van der Waals surface area (Å²) in [5, 5.41) is 0. The molecule has 2 aliphatic rings. The highest BCUT2D eigenvalue weighted by Gasteiger charge is 2.53. The minimum Gasteiger partial charge on any atom is -0.373 e. The van der Waals surface area contributed by atoms with Crippen LogP contribution in [-0.4, -0.2) is 25.1 Å². The lowest BCUT2D eigenvalue weighted by Gasteiger charge is -2.55. The second-order valence-corrected chi connectivity index (χ2v) is 8.76. The van der Waals surface area contributed by atoms with Gasteiger partial charge in [-0.2, -0.15) is 0 Å². The van der Waals surface area contributed by atoms with Gasteiger partial charge in [-0.05, 0) is 58.7 Å². The third kappa shape index (κ3) is 3.26. The zero-order valence-electron chi connectivity index (χ0n) is 14.8. The van der Waals surface area contributed by atoms with Crippen LogP contribution >= 0.6 is 22.6 Å².